The molecule has 4 nitrogen and oxygen atoms in total. The molecule has 1 heterocycles. The lowest BCUT2D eigenvalue weighted by atomic mass is 10.1. The minimum Gasteiger partial charge on any atom is -0.481 e. The molecule has 1 aromatic carbocycles. The lowest BCUT2D eigenvalue weighted by Crippen LogP contribution is -2.29. The minimum atomic E-state index is -0.785. The van der Waals surface area contributed by atoms with Crippen LogP contribution in [0, 0.1) is 5.92 Å². The lowest BCUT2D eigenvalue weighted by Gasteiger charge is -2.16. The predicted molar refractivity (Wildman–Crippen MR) is 83.7 cm³/mol. The standard InChI is InChI=1S/C15H18ClNO3S/c16-12-1-3-13(4-2-12)21-8-6-14(18)17-7-5-11(10-17)9-15(19)20/h1-4,11H,5-10H2,(H,19,20). The minimum absolute atomic E-state index is 0.107. The molecule has 0 bridgehead atoms. The van der Waals surface area contributed by atoms with E-state index in [-0.39, 0.29) is 18.2 Å². The first-order valence-corrected chi connectivity index (χ1v) is 8.29. The van der Waals surface area contributed by atoms with E-state index in [1.165, 1.54) is 0 Å². The van der Waals surface area contributed by atoms with Gasteiger partial charge in [0, 0.05) is 41.6 Å². The van der Waals surface area contributed by atoms with Gasteiger partial charge in [-0.3, -0.25) is 9.59 Å². The molecule has 6 heteroatoms. The fourth-order valence-corrected chi connectivity index (χ4v) is 3.38. The highest BCUT2D eigenvalue weighted by Gasteiger charge is 2.27. The largest absolute Gasteiger partial charge is 0.481 e. The summed E-state index contributed by atoms with van der Waals surface area (Å²) in [5, 5.41) is 9.48. The van der Waals surface area contributed by atoms with Crippen LogP contribution in [-0.2, 0) is 9.59 Å². The average Bonchev–Trinajstić information content (AvgIpc) is 2.88. The summed E-state index contributed by atoms with van der Waals surface area (Å²) in [6.07, 6.45) is 1.43. The number of carboxylic acid groups (broad SMARTS) is 1. The van der Waals surface area contributed by atoms with E-state index in [0.717, 1.165) is 17.1 Å². The summed E-state index contributed by atoms with van der Waals surface area (Å²) in [5.41, 5.74) is 0. The SMILES string of the molecule is O=C(O)CC1CCN(C(=O)CCSc2ccc(Cl)cc2)C1. The van der Waals surface area contributed by atoms with Crippen molar-refractivity contribution < 1.29 is 14.7 Å². The van der Waals surface area contributed by atoms with Crippen molar-refractivity contribution in [1.29, 1.82) is 0 Å². The molecule has 1 aromatic rings. The van der Waals surface area contributed by atoms with Crippen LogP contribution >= 0.6 is 23.4 Å². The molecule has 1 unspecified atom stereocenters. The van der Waals surface area contributed by atoms with E-state index in [1.807, 2.05) is 24.3 Å². The molecule has 0 spiro atoms. The van der Waals surface area contributed by atoms with E-state index in [9.17, 15) is 9.59 Å². The first kappa shape index (κ1) is 16.2. The highest BCUT2D eigenvalue weighted by molar-refractivity contribution is 7.99. The number of carboxylic acids is 1. The highest BCUT2D eigenvalue weighted by atomic mass is 35.5. The topological polar surface area (TPSA) is 57.6 Å². The summed E-state index contributed by atoms with van der Waals surface area (Å²) >= 11 is 7.45. The van der Waals surface area contributed by atoms with Crippen LogP contribution in [0.25, 0.3) is 0 Å². The number of halogens is 1. The van der Waals surface area contributed by atoms with Crippen LogP contribution < -0.4 is 0 Å². The Morgan fingerprint density at radius 3 is 2.71 bits per heavy atom. The highest BCUT2D eigenvalue weighted by Crippen LogP contribution is 2.23. The Hall–Kier alpha value is -1.20. The number of aliphatic carboxylic acids is 1. The first-order valence-electron chi connectivity index (χ1n) is 6.92. The van der Waals surface area contributed by atoms with Crippen LogP contribution in [0.3, 0.4) is 0 Å². The number of rotatable bonds is 6. The van der Waals surface area contributed by atoms with Gasteiger partial charge < -0.3 is 10.0 Å². The molecule has 1 amide bonds. The Kier molecular flexibility index (Phi) is 5.94. The van der Waals surface area contributed by atoms with E-state index >= 15 is 0 Å². The summed E-state index contributed by atoms with van der Waals surface area (Å²) < 4.78 is 0. The second kappa shape index (κ2) is 7.71. The van der Waals surface area contributed by atoms with Gasteiger partial charge in [-0.05, 0) is 36.6 Å². The molecule has 1 aliphatic rings. The summed E-state index contributed by atoms with van der Waals surface area (Å²) in [6.45, 7) is 1.26. The van der Waals surface area contributed by atoms with E-state index in [1.54, 1.807) is 16.7 Å². The second-order valence-electron chi connectivity index (χ2n) is 5.14. The Labute approximate surface area is 133 Å². The number of nitrogens with zero attached hydrogens (tertiary/aromatic N) is 1. The number of hydrogen-bond donors (Lipinski definition) is 1. The van der Waals surface area contributed by atoms with Crippen LogP contribution in [-0.4, -0.2) is 40.7 Å². The van der Waals surface area contributed by atoms with Crippen LogP contribution in [0.5, 0.6) is 0 Å². The fourth-order valence-electron chi connectivity index (χ4n) is 2.42. The van der Waals surface area contributed by atoms with E-state index in [2.05, 4.69) is 0 Å². The third kappa shape index (κ3) is 5.25. The number of likely N-dealkylation sites (tertiary alicyclic amines) is 1. The van der Waals surface area contributed by atoms with Crippen molar-refractivity contribution in [3.05, 3.63) is 29.3 Å². The van der Waals surface area contributed by atoms with Gasteiger partial charge in [-0.25, -0.2) is 0 Å². The van der Waals surface area contributed by atoms with Crippen molar-refractivity contribution >= 4 is 35.2 Å². The molecule has 21 heavy (non-hydrogen) atoms. The van der Waals surface area contributed by atoms with Gasteiger partial charge in [0.15, 0.2) is 0 Å². The first-order chi connectivity index (χ1) is 10.0. The third-order valence-corrected chi connectivity index (χ3v) is 4.77. The molecule has 114 valence electrons. The zero-order chi connectivity index (χ0) is 15.2. The van der Waals surface area contributed by atoms with Crippen LogP contribution in [0.2, 0.25) is 5.02 Å². The number of carbonyl (C=O) groups excluding carboxylic acids is 1. The maximum absolute atomic E-state index is 12.1. The summed E-state index contributed by atoms with van der Waals surface area (Å²) in [6, 6.07) is 7.55. The molecular formula is C15H18ClNO3S. The molecule has 0 aliphatic carbocycles. The molecule has 0 radical (unpaired) electrons. The van der Waals surface area contributed by atoms with Gasteiger partial charge in [0.05, 0.1) is 0 Å². The van der Waals surface area contributed by atoms with Crippen molar-refractivity contribution in [1.82, 2.24) is 4.90 Å². The van der Waals surface area contributed by atoms with E-state index in [4.69, 9.17) is 16.7 Å². The molecule has 1 atom stereocenters. The van der Waals surface area contributed by atoms with E-state index < -0.39 is 5.97 Å². The van der Waals surface area contributed by atoms with Gasteiger partial charge in [0.25, 0.3) is 0 Å². The average molecular weight is 328 g/mol. The quantitative estimate of drug-likeness (QED) is 0.815. The van der Waals surface area contributed by atoms with Gasteiger partial charge in [0.1, 0.15) is 0 Å². The van der Waals surface area contributed by atoms with Crippen molar-refractivity contribution in [2.75, 3.05) is 18.8 Å². The number of thioether (sulfide) groups is 1. The van der Waals surface area contributed by atoms with Crippen LogP contribution in [0.1, 0.15) is 19.3 Å². The van der Waals surface area contributed by atoms with Crippen LogP contribution in [0.15, 0.2) is 29.2 Å². The molecular weight excluding hydrogens is 310 g/mol. The van der Waals surface area contributed by atoms with Gasteiger partial charge in [-0.1, -0.05) is 11.6 Å². The number of hydrogen-bond acceptors (Lipinski definition) is 3. The number of amides is 1. The smallest absolute Gasteiger partial charge is 0.303 e. The van der Waals surface area contributed by atoms with Crippen LogP contribution in [0.4, 0.5) is 0 Å². The Bertz CT molecular complexity index is 506. The lowest BCUT2D eigenvalue weighted by molar-refractivity contribution is -0.138. The van der Waals surface area contributed by atoms with Crippen molar-refractivity contribution in [2.45, 2.75) is 24.2 Å². The second-order valence-corrected chi connectivity index (χ2v) is 6.75. The summed E-state index contributed by atoms with van der Waals surface area (Å²) in [4.78, 5) is 25.6. The number of benzene rings is 1. The Morgan fingerprint density at radius 1 is 1.33 bits per heavy atom. The zero-order valence-corrected chi connectivity index (χ0v) is 13.2. The van der Waals surface area contributed by atoms with E-state index in [0.29, 0.717) is 24.5 Å². The third-order valence-electron chi connectivity index (χ3n) is 3.50. The van der Waals surface area contributed by atoms with Gasteiger partial charge in [-0.15, -0.1) is 11.8 Å². The molecule has 2 rings (SSSR count). The summed E-state index contributed by atoms with van der Waals surface area (Å²) in [7, 11) is 0. The molecule has 0 aromatic heterocycles. The normalized spacial score (nSPS) is 18.0. The van der Waals surface area contributed by atoms with Crippen molar-refractivity contribution in [3.8, 4) is 0 Å². The number of carbonyl (C=O) groups is 2. The Balaban J connectivity index is 1.70. The van der Waals surface area contributed by atoms with Crippen molar-refractivity contribution in [3.63, 3.8) is 0 Å². The van der Waals surface area contributed by atoms with Gasteiger partial charge >= 0.3 is 5.97 Å². The summed E-state index contributed by atoms with van der Waals surface area (Å²) in [5.74, 6) is 0.160. The molecule has 1 aliphatic heterocycles. The Morgan fingerprint density at radius 2 is 2.05 bits per heavy atom. The van der Waals surface area contributed by atoms with Crippen molar-refractivity contribution in [2.24, 2.45) is 5.92 Å². The monoisotopic (exact) mass is 327 g/mol. The molecule has 1 saturated heterocycles. The maximum atomic E-state index is 12.1. The van der Waals surface area contributed by atoms with Gasteiger partial charge in [-0.2, -0.15) is 0 Å². The molecule has 1 N–H and O–H groups in total. The molecule has 0 saturated carbocycles. The molecule has 1 fully saturated rings. The van der Waals surface area contributed by atoms with Gasteiger partial charge in [0.2, 0.25) is 5.91 Å². The zero-order valence-electron chi connectivity index (χ0n) is 11.6. The maximum Gasteiger partial charge on any atom is 0.303 e. The fraction of sp³-hybridized carbons (Fsp3) is 0.467. The predicted octanol–water partition coefficient (Wildman–Crippen LogP) is 3.15.